The quantitative estimate of drug-likeness (QED) is 0.618. The highest BCUT2D eigenvalue weighted by Gasteiger charge is 2.48. The zero-order chi connectivity index (χ0) is 18.1. The van der Waals surface area contributed by atoms with E-state index in [1.807, 2.05) is 13.8 Å². The van der Waals surface area contributed by atoms with Gasteiger partial charge in [0.2, 0.25) is 5.91 Å². The van der Waals surface area contributed by atoms with Crippen molar-refractivity contribution >= 4 is 11.6 Å². The van der Waals surface area contributed by atoms with Gasteiger partial charge >= 0.3 is 0 Å². The van der Waals surface area contributed by atoms with Crippen molar-refractivity contribution < 1.29 is 14.6 Å². The number of nitrogens with one attached hydrogen (secondary N) is 1. The van der Waals surface area contributed by atoms with Gasteiger partial charge in [-0.15, -0.1) is 0 Å². The lowest BCUT2D eigenvalue weighted by Gasteiger charge is -2.47. The number of phenols is 1. The Kier molecular flexibility index (Phi) is 4.97. The van der Waals surface area contributed by atoms with Crippen molar-refractivity contribution in [3.05, 3.63) is 30.4 Å². The highest BCUT2D eigenvalue weighted by atomic mass is 16.5. The lowest BCUT2D eigenvalue weighted by Crippen LogP contribution is -2.47. The van der Waals surface area contributed by atoms with Crippen LogP contribution in [0.1, 0.15) is 47.0 Å². The van der Waals surface area contributed by atoms with Crippen LogP contribution in [0.25, 0.3) is 0 Å². The normalized spacial score (nSPS) is 25.8. The average Bonchev–Trinajstić information content (AvgIpc) is 2.47. The van der Waals surface area contributed by atoms with E-state index in [1.165, 1.54) is 13.2 Å². The number of carbonyl (C=O) groups is 1. The molecule has 1 amide bonds. The van der Waals surface area contributed by atoms with Crippen molar-refractivity contribution in [3.8, 4) is 11.5 Å². The molecule has 1 aromatic carbocycles. The van der Waals surface area contributed by atoms with E-state index in [4.69, 9.17) is 4.74 Å². The topological polar surface area (TPSA) is 58.6 Å². The van der Waals surface area contributed by atoms with E-state index in [9.17, 15) is 9.90 Å². The lowest BCUT2D eigenvalue weighted by molar-refractivity contribution is -0.131. The molecule has 0 bridgehead atoms. The first-order valence-corrected chi connectivity index (χ1v) is 8.43. The molecule has 1 aromatic rings. The Morgan fingerprint density at radius 3 is 2.58 bits per heavy atom. The summed E-state index contributed by atoms with van der Waals surface area (Å²) in [6.07, 6.45) is 2.84. The van der Waals surface area contributed by atoms with Gasteiger partial charge in [0.1, 0.15) is 11.5 Å². The van der Waals surface area contributed by atoms with E-state index < -0.39 is 5.41 Å². The Balaban J connectivity index is 2.29. The fourth-order valence-electron chi connectivity index (χ4n) is 4.10. The Hall–Kier alpha value is -1.97. The molecule has 1 unspecified atom stereocenters. The number of rotatable bonds is 4. The maximum absolute atomic E-state index is 13.1. The lowest BCUT2D eigenvalue weighted by atomic mass is 9.57. The molecule has 2 rings (SSSR count). The van der Waals surface area contributed by atoms with E-state index in [0.29, 0.717) is 11.4 Å². The largest absolute Gasteiger partial charge is 0.506 e. The summed E-state index contributed by atoms with van der Waals surface area (Å²) in [5.41, 5.74) is 1.02. The highest BCUT2D eigenvalue weighted by molar-refractivity contribution is 5.97. The van der Waals surface area contributed by atoms with Gasteiger partial charge in [0.25, 0.3) is 0 Å². The summed E-state index contributed by atoms with van der Waals surface area (Å²) in [6.45, 7) is 12.5. The maximum atomic E-state index is 13.1. The van der Waals surface area contributed by atoms with Crippen LogP contribution in [-0.4, -0.2) is 18.1 Å². The number of amides is 1. The molecule has 24 heavy (non-hydrogen) atoms. The third-order valence-corrected chi connectivity index (χ3v) is 5.29. The third kappa shape index (κ3) is 3.58. The molecule has 0 spiro atoms. The number of phenolic OH excluding ortho intramolecular Hbond substituents is 1. The monoisotopic (exact) mass is 331 g/mol. The van der Waals surface area contributed by atoms with Crippen LogP contribution in [0.3, 0.4) is 0 Å². The molecule has 132 valence electrons. The summed E-state index contributed by atoms with van der Waals surface area (Å²) in [4.78, 5) is 13.1. The summed E-state index contributed by atoms with van der Waals surface area (Å²) >= 11 is 0. The number of aromatic hydroxyl groups is 1. The number of carbonyl (C=O) groups excluding carboxylic acids is 1. The van der Waals surface area contributed by atoms with Crippen molar-refractivity contribution in [1.82, 2.24) is 0 Å². The molecule has 0 aliphatic heterocycles. The number of hydrogen-bond donors (Lipinski definition) is 2. The maximum Gasteiger partial charge on any atom is 0.231 e. The summed E-state index contributed by atoms with van der Waals surface area (Å²) in [6, 6.07) is 4.89. The van der Waals surface area contributed by atoms with Crippen LogP contribution in [0.5, 0.6) is 11.5 Å². The molecule has 0 radical (unpaired) electrons. The molecule has 4 heteroatoms. The van der Waals surface area contributed by atoms with Gasteiger partial charge in [0, 0.05) is 6.07 Å². The van der Waals surface area contributed by atoms with Crippen molar-refractivity contribution in [2.24, 2.45) is 16.7 Å². The Morgan fingerprint density at radius 2 is 2.04 bits per heavy atom. The molecule has 2 atom stereocenters. The van der Waals surface area contributed by atoms with Gasteiger partial charge in [0.15, 0.2) is 0 Å². The fourth-order valence-corrected chi connectivity index (χ4v) is 4.10. The van der Waals surface area contributed by atoms with E-state index >= 15 is 0 Å². The minimum absolute atomic E-state index is 0.00763. The van der Waals surface area contributed by atoms with Gasteiger partial charge in [-0.05, 0) is 49.7 Å². The van der Waals surface area contributed by atoms with Crippen molar-refractivity contribution in [2.75, 3.05) is 12.4 Å². The Bertz CT molecular complexity index is 650. The van der Waals surface area contributed by atoms with E-state index in [-0.39, 0.29) is 23.0 Å². The second kappa shape index (κ2) is 6.50. The number of benzene rings is 1. The van der Waals surface area contributed by atoms with E-state index in [0.717, 1.165) is 24.8 Å². The van der Waals surface area contributed by atoms with E-state index in [1.54, 1.807) is 12.1 Å². The van der Waals surface area contributed by atoms with Crippen LogP contribution in [-0.2, 0) is 4.79 Å². The molecule has 1 fully saturated rings. The smallest absolute Gasteiger partial charge is 0.231 e. The number of anilines is 1. The Morgan fingerprint density at radius 1 is 1.38 bits per heavy atom. The van der Waals surface area contributed by atoms with Gasteiger partial charge in [0.05, 0.1) is 18.2 Å². The summed E-state index contributed by atoms with van der Waals surface area (Å²) in [5.74, 6) is 0.637. The fraction of sp³-hybridized carbons (Fsp3) is 0.550. The summed E-state index contributed by atoms with van der Waals surface area (Å²) in [7, 11) is 1.54. The molecule has 1 aliphatic rings. The zero-order valence-corrected chi connectivity index (χ0v) is 15.4. The van der Waals surface area contributed by atoms with Crippen LogP contribution in [0, 0.1) is 16.7 Å². The Labute approximate surface area is 144 Å². The molecule has 0 aromatic heterocycles. The van der Waals surface area contributed by atoms with Crippen LogP contribution in [0.4, 0.5) is 5.69 Å². The molecule has 0 heterocycles. The molecule has 1 aliphatic carbocycles. The minimum atomic E-state index is -0.542. The predicted octanol–water partition coefficient (Wildman–Crippen LogP) is 4.75. The van der Waals surface area contributed by atoms with Crippen molar-refractivity contribution in [2.45, 2.75) is 47.0 Å². The molecule has 2 N–H and O–H groups in total. The van der Waals surface area contributed by atoms with Gasteiger partial charge in [-0.3, -0.25) is 4.79 Å². The molecular weight excluding hydrogens is 302 g/mol. The SMILES string of the molecule is C=C(C)C1CCC(C)(C)C[C@]1(C)C(=O)Nc1ccc(OC)cc1O. The number of allylic oxidation sites excluding steroid dienone is 1. The first kappa shape index (κ1) is 18.4. The van der Waals surface area contributed by atoms with Crippen LogP contribution < -0.4 is 10.1 Å². The molecule has 0 saturated heterocycles. The number of hydrogen-bond acceptors (Lipinski definition) is 3. The van der Waals surface area contributed by atoms with Gasteiger partial charge in [-0.1, -0.05) is 32.9 Å². The van der Waals surface area contributed by atoms with Crippen LogP contribution in [0.15, 0.2) is 30.4 Å². The van der Waals surface area contributed by atoms with Crippen LogP contribution >= 0.6 is 0 Å². The number of methoxy groups -OCH3 is 1. The molecule has 1 saturated carbocycles. The first-order chi connectivity index (χ1) is 11.1. The highest BCUT2D eigenvalue weighted by Crippen LogP contribution is 2.52. The van der Waals surface area contributed by atoms with Crippen molar-refractivity contribution in [1.29, 1.82) is 0 Å². The predicted molar refractivity (Wildman–Crippen MR) is 97.3 cm³/mol. The van der Waals surface area contributed by atoms with Crippen LogP contribution in [0.2, 0.25) is 0 Å². The first-order valence-electron chi connectivity index (χ1n) is 8.43. The second-order valence-corrected chi connectivity index (χ2v) is 8.03. The van der Waals surface area contributed by atoms with Gasteiger partial charge in [-0.2, -0.15) is 0 Å². The summed E-state index contributed by atoms with van der Waals surface area (Å²) < 4.78 is 5.08. The second-order valence-electron chi connectivity index (χ2n) is 8.03. The zero-order valence-electron chi connectivity index (χ0n) is 15.4. The van der Waals surface area contributed by atoms with Gasteiger partial charge in [-0.25, -0.2) is 0 Å². The average molecular weight is 331 g/mol. The standard InChI is InChI=1S/C20H29NO3/c1-13(2)15-9-10-19(3,4)12-20(15,5)18(23)21-16-8-7-14(24-6)11-17(16)22/h7-8,11,15,22H,1,9-10,12H2,2-6H3,(H,21,23)/t15?,20-/m0/s1. The number of ether oxygens (including phenoxy) is 1. The molecular formula is C20H29NO3. The third-order valence-electron chi connectivity index (χ3n) is 5.29. The molecule has 4 nitrogen and oxygen atoms in total. The minimum Gasteiger partial charge on any atom is -0.506 e. The van der Waals surface area contributed by atoms with Crippen molar-refractivity contribution in [3.63, 3.8) is 0 Å². The summed E-state index contributed by atoms with van der Waals surface area (Å²) in [5, 5.41) is 13.0. The van der Waals surface area contributed by atoms with E-state index in [2.05, 4.69) is 25.7 Å². The van der Waals surface area contributed by atoms with Gasteiger partial charge < -0.3 is 15.2 Å².